The van der Waals surface area contributed by atoms with E-state index < -0.39 is 17.7 Å². The third-order valence-electron chi connectivity index (χ3n) is 6.37. The molecule has 7 nitrogen and oxygen atoms in total. The van der Waals surface area contributed by atoms with Gasteiger partial charge in [-0.3, -0.25) is 14.5 Å². The number of ketones is 1. The summed E-state index contributed by atoms with van der Waals surface area (Å²) in [6.07, 6.45) is 1.54. The van der Waals surface area contributed by atoms with Crippen LogP contribution in [0.25, 0.3) is 5.76 Å². The Labute approximate surface area is 221 Å². The smallest absolute Gasteiger partial charge is 0.295 e. The largest absolute Gasteiger partial charge is 0.507 e. The number of aliphatic hydroxyl groups excluding tert-OH is 1. The van der Waals surface area contributed by atoms with Crippen LogP contribution in [0.15, 0.2) is 48.0 Å². The summed E-state index contributed by atoms with van der Waals surface area (Å²) in [5, 5.41) is 12.0. The summed E-state index contributed by atoms with van der Waals surface area (Å²) in [5.41, 5.74) is 0.967. The number of rotatable bonds is 9. The summed E-state index contributed by atoms with van der Waals surface area (Å²) in [6.45, 7) is 6.75. The van der Waals surface area contributed by atoms with E-state index in [-0.39, 0.29) is 11.3 Å². The highest BCUT2D eigenvalue weighted by Gasteiger charge is 2.46. The number of amides is 1. The van der Waals surface area contributed by atoms with Crippen LogP contribution in [-0.2, 0) is 14.3 Å². The second-order valence-electron chi connectivity index (χ2n) is 8.84. The van der Waals surface area contributed by atoms with Crippen LogP contribution in [0.2, 0.25) is 10.0 Å². The fourth-order valence-corrected chi connectivity index (χ4v) is 5.04. The molecule has 2 aliphatic heterocycles. The number of nitrogens with zero attached hydrogens (tertiary/aromatic N) is 2. The number of halogens is 2. The van der Waals surface area contributed by atoms with E-state index in [0.29, 0.717) is 59.7 Å². The molecular formula is C27H30Cl2N2O5. The van der Waals surface area contributed by atoms with E-state index in [1.165, 1.54) is 4.90 Å². The fourth-order valence-electron chi connectivity index (χ4n) is 4.53. The van der Waals surface area contributed by atoms with Crippen LogP contribution >= 0.6 is 23.2 Å². The number of hydrogen-bond donors (Lipinski definition) is 1. The number of carbonyl (C=O) groups is 2. The number of carbonyl (C=O) groups excluding carboxylic acids is 2. The molecule has 1 amide bonds. The summed E-state index contributed by atoms with van der Waals surface area (Å²) in [6, 6.07) is 10.9. The van der Waals surface area contributed by atoms with Crippen LogP contribution < -0.4 is 4.74 Å². The maximum Gasteiger partial charge on any atom is 0.295 e. The average molecular weight is 533 g/mol. The first kappa shape index (κ1) is 26.5. The molecule has 2 heterocycles. The second kappa shape index (κ2) is 12.1. The van der Waals surface area contributed by atoms with Gasteiger partial charge in [-0.25, -0.2) is 0 Å². The minimum atomic E-state index is -0.824. The lowest BCUT2D eigenvalue weighted by Gasteiger charge is -2.29. The molecule has 1 atom stereocenters. The van der Waals surface area contributed by atoms with Crippen LogP contribution in [0.5, 0.6) is 5.75 Å². The molecule has 2 aliphatic rings. The van der Waals surface area contributed by atoms with Crippen molar-refractivity contribution in [1.29, 1.82) is 0 Å². The van der Waals surface area contributed by atoms with Crippen molar-refractivity contribution in [3.8, 4) is 5.75 Å². The van der Waals surface area contributed by atoms with Gasteiger partial charge in [0.25, 0.3) is 11.7 Å². The number of hydrogen-bond acceptors (Lipinski definition) is 6. The van der Waals surface area contributed by atoms with E-state index in [1.807, 2.05) is 6.92 Å². The number of morpholine rings is 1. The third kappa shape index (κ3) is 5.86. The minimum absolute atomic E-state index is 0.0119. The first-order chi connectivity index (χ1) is 17.4. The van der Waals surface area contributed by atoms with Crippen molar-refractivity contribution in [2.75, 3.05) is 46.0 Å². The quantitative estimate of drug-likeness (QED) is 0.280. The normalized spacial score (nSPS) is 20.2. The predicted octanol–water partition coefficient (Wildman–Crippen LogP) is 4.93. The van der Waals surface area contributed by atoms with Gasteiger partial charge in [0.15, 0.2) is 0 Å². The first-order valence-electron chi connectivity index (χ1n) is 12.2. The summed E-state index contributed by atoms with van der Waals surface area (Å²) in [4.78, 5) is 30.2. The van der Waals surface area contributed by atoms with Gasteiger partial charge in [0, 0.05) is 41.8 Å². The molecule has 0 aromatic heterocycles. The lowest BCUT2D eigenvalue weighted by molar-refractivity contribution is -0.140. The minimum Gasteiger partial charge on any atom is -0.507 e. The van der Waals surface area contributed by atoms with Gasteiger partial charge in [-0.2, -0.15) is 0 Å². The highest BCUT2D eigenvalue weighted by molar-refractivity contribution is 6.47. The third-order valence-corrected chi connectivity index (χ3v) is 6.94. The molecular weight excluding hydrogens is 503 g/mol. The van der Waals surface area contributed by atoms with Gasteiger partial charge in [-0.05, 0) is 54.8 Å². The molecule has 1 N–H and O–H groups in total. The van der Waals surface area contributed by atoms with Gasteiger partial charge in [0.05, 0.1) is 31.4 Å². The van der Waals surface area contributed by atoms with E-state index in [9.17, 15) is 14.7 Å². The van der Waals surface area contributed by atoms with Crippen LogP contribution in [0.3, 0.4) is 0 Å². The lowest BCUT2D eigenvalue weighted by Crippen LogP contribution is -2.39. The van der Waals surface area contributed by atoms with Gasteiger partial charge in [-0.15, -0.1) is 0 Å². The molecule has 0 bridgehead atoms. The Kier molecular flexibility index (Phi) is 8.90. The summed E-state index contributed by atoms with van der Waals surface area (Å²) in [7, 11) is 0. The van der Waals surface area contributed by atoms with E-state index in [2.05, 4.69) is 4.90 Å². The monoisotopic (exact) mass is 532 g/mol. The van der Waals surface area contributed by atoms with Crippen molar-refractivity contribution in [2.45, 2.75) is 25.8 Å². The Balaban J connectivity index is 1.66. The molecule has 9 heteroatoms. The van der Waals surface area contributed by atoms with Crippen LogP contribution in [0.4, 0.5) is 0 Å². The van der Waals surface area contributed by atoms with Crippen molar-refractivity contribution < 1.29 is 24.2 Å². The van der Waals surface area contributed by atoms with Crippen molar-refractivity contribution in [3.05, 3.63) is 69.2 Å². The summed E-state index contributed by atoms with van der Waals surface area (Å²) >= 11 is 12.6. The Hall–Kier alpha value is -2.58. The first-order valence-corrected chi connectivity index (χ1v) is 12.9. The van der Waals surface area contributed by atoms with Gasteiger partial charge in [0.2, 0.25) is 0 Å². The van der Waals surface area contributed by atoms with Crippen LogP contribution in [0.1, 0.15) is 36.9 Å². The molecule has 1 unspecified atom stereocenters. The Morgan fingerprint density at radius 1 is 1.08 bits per heavy atom. The highest BCUT2D eigenvalue weighted by Crippen LogP contribution is 2.42. The number of Topliss-reactive ketones (excluding diaryl/α,β-unsaturated/α-hetero) is 1. The lowest BCUT2D eigenvalue weighted by atomic mass is 9.95. The van der Waals surface area contributed by atoms with Crippen molar-refractivity contribution in [3.63, 3.8) is 0 Å². The molecule has 0 radical (unpaired) electrons. The number of ether oxygens (including phenoxy) is 2. The van der Waals surface area contributed by atoms with Crippen molar-refractivity contribution in [2.24, 2.45) is 0 Å². The maximum atomic E-state index is 13.2. The molecule has 0 spiro atoms. The SMILES string of the molecule is CCCOc1ccc(/C(O)=C2\C(=O)C(=O)N(CCCN3CCOCC3)C2c2ccc(Cl)cc2Cl)cc1. The highest BCUT2D eigenvalue weighted by atomic mass is 35.5. The summed E-state index contributed by atoms with van der Waals surface area (Å²) in [5.74, 6) is -0.977. The topological polar surface area (TPSA) is 79.3 Å². The molecule has 192 valence electrons. The van der Waals surface area contributed by atoms with E-state index in [1.54, 1.807) is 42.5 Å². The number of benzene rings is 2. The molecule has 0 saturated carbocycles. The van der Waals surface area contributed by atoms with Crippen LogP contribution in [-0.4, -0.2) is 72.6 Å². The zero-order valence-corrected chi connectivity index (χ0v) is 21.7. The standard InChI is InChI=1S/C27H30Cl2N2O5/c1-2-14-36-20-7-4-18(5-8-20)25(32)23-24(21-9-6-19(28)17-22(21)29)31(27(34)26(23)33)11-3-10-30-12-15-35-16-13-30/h4-9,17,24,32H,2-3,10-16H2,1H3/b25-23+. The van der Waals surface area contributed by atoms with Crippen molar-refractivity contribution in [1.82, 2.24) is 9.80 Å². The molecule has 0 aliphatic carbocycles. The molecule has 36 heavy (non-hydrogen) atoms. The molecule has 2 aromatic carbocycles. The molecule has 2 aromatic rings. The summed E-state index contributed by atoms with van der Waals surface area (Å²) < 4.78 is 11.0. The fraction of sp³-hybridized carbons (Fsp3) is 0.407. The Morgan fingerprint density at radius 2 is 1.81 bits per heavy atom. The Bertz CT molecular complexity index is 1130. The van der Waals surface area contributed by atoms with E-state index >= 15 is 0 Å². The zero-order chi connectivity index (χ0) is 25.7. The maximum absolute atomic E-state index is 13.2. The predicted molar refractivity (Wildman–Crippen MR) is 140 cm³/mol. The molecule has 2 fully saturated rings. The number of likely N-dealkylation sites (tertiary alicyclic amines) is 1. The zero-order valence-electron chi connectivity index (χ0n) is 20.2. The van der Waals surface area contributed by atoms with Gasteiger partial charge < -0.3 is 19.5 Å². The molecule has 2 saturated heterocycles. The number of aliphatic hydroxyl groups is 1. The van der Waals surface area contributed by atoms with Gasteiger partial charge in [0.1, 0.15) is 11.5 Å². The van der Waals surface area contributed by atoms with E-state index in [4.69, 9.17) is 32.7 Å². The Morgan fingerprint density at radius 3 is 2.47 bits per heavy atom. The average Bonchev–Trinajstić information content (AvgIpc) is 3.13. The second-order valence-corrected chi connectivity index (χ2v) is 9.68. The van der Waals surface area contributed by atoms with Gasteiger partial charge in [-0.1, -0.05) is 36.2 Å². The van der Waals surface area contributed by atoms with E-state index in [0.717, 1.165) is 26.1 Å². The van der Waals surface area contributed by atoms with Crippen LogP contribution in [0, 0.1) is 0 Å². The molecule has 4 rings (SSSR count). The van der Waals surface area contributed by atoms with Crippen molar-refractivity contribution >= 4 is 40.7 Å². The van der Waals surface area contributed by atoms with Gasteiger partial charge >= 0.3 is 0 Å².